The first-order chi connectivity index (χ1) is 10.9. The fourth-order valence-corrected chi connectivity index (χ4v) is 4.64. The summed E-state index contributed by atoms with van der Waals surface area (Å²) in [4.78, 5) is 24.9. The molecule has 124 valence electrons. The van der Waals surface area contributed by atoms with Crippen LogP contribution in [0, 0.1) is 6.92 Å². The lowest BCUT2D eigenvalue weighted by Crippen LogP contribution is -2.48. The molecule has 0 saturated carbocycles. The number of nitrogens with one attached hydrogen (secondary N) is 1. The van der Waals surface area contributed by atoms with Gasteiger partial charge < -0.3 is 5.32 Å². The molecular weight excluding hydrogens is 318 g/mol. The van der Waals surface area contributed by atoms with Crippen LogP contribution in [-0.4, -0.2) is 55.2 Å². The molecule has 1 N–H and O–H groups in total. The Kier molecular flexibility index (Phi) is 4.11. The van der Waals surface area contributed by atoms with Crippen molar-refractivity contribution in [1.29, 1.82) is 0 Å². The molecule has 2 aliphatic heterocycles. The Hall–Kier alpha value is -1.93. The molecule has 2 fully saturated rings. The molecule has 3 rings (SSSR count). The van der Waals surface area contributed by atoms with Crippen molar-refractivity contribution in [1.82, 2.24) is 14.5 Å². The number of sulfonamides is 1. The summed E-state index contributed by atoms with van der Waals surface area (Å²) >= 11 is 0. The Bertz CT molecular complexity index is 723. The molecule has 0 radical (unpaired) electrons. The second-order valence-electron chi connectivity index (χ2n) is 5.87. The van der Waals surface area contributed by atoms with E-state index in [-0.39, 0.29) is 29.4 Å². The number of carbonyl (C=O) groups is 2. The van der Waals surface area contributed by atoms with Crippen LogP contribution in [0.4, 0.5) is 4.79 Å². The summed E-state index contributed by atoms with van der Waals surface area (Å²) in [5.41, 5.74) is 0.889. The Morgan fingerprint density at radius 2 is 1.87 bits per heavy atom. The smallest absolute Gasteiger partial charge is 0.324 e. The first-order valence-electron chi connectivity index (χ1n) is 7.56. The van der Waals surface area contributed by atoms with Crippen molar-refractivity contribution >= 4 is 22.0 Å². The van der Waals surface area contributed by atoms with Gasteiger partial charge in [-0.1, -0.05) is 12.1 Å². The topological polar surface area (TPSA) is 86.8 Å². The zero-order valence-corrected chi connectivity index (χ0v) is 13.7. The number of benzene rings is 1. The lowest BCUT2D eigenvalue weighted by molar-refractivity contribution is -0.127. The van der Waals surface area contributed by atoms with E-state index in [9.17, 15) is 18.0 Å². The fraction of sp³-hybridized carbons (Fsp3) is 0.467. The molecule has 8 heteroatoms. The lowest BCUT2D eigenvalue weighted by Gasteiger charge is -2.34. The molecule has 0 spiro atoms. The summed E-state index contributed by atoms with van der Waals surface area (Å²) in [5, 5.41) is 2.50. The maximum atomic E-state index is 12.7. The Balaban J connectivity index is 1.71. The van der Waals surface area contributed by atoms with E-state index in [1.54, 1.807) is 18.2 Å². The summed E-state index contributed by atoms with van der Waals surface area (Å²) in [7, 11) is -3.53. The van der Waals surface area contributed by atoms with Crippen LogP contribution in [0.1, 0.15) is 18.4 Å². The van der Waals surface area contributed by atoms with Crippen LogP contribution < -0.4 is 5.32 Å². The van der Waals surface area contributed by atoms with Crippen LogP contribution in [0.2, 0.25) is 0 Å². The van der Waals surface area contributed by atoms with Crippen LogP contribution in [0.5, 0.6) is 0 Å². The highest BCUT2D eigenvalue weighted by molar-refractivity contribution is 7.89. The van der Waals surface area contributed by atoms with E-state index in [2.05, 4.69) is 5.32 Å². The number of aryl methyl sites for hydroxylation is 1. The first-order valence-corrected chi connectivity index (χ1v) is 9.00. The first kappa shape index (κ1) is 15.9. The highest BCUT2D eigenvalue weighted by Crippen LogP contribution is 2.24. The average Bonchev–Trinajstić information content (AvgIpc) is 2.86. The second kappa shape index (κ2) is 5.93. The van der Waals surface area contributed by atoms with Crippen LogP contribution >= 0.6 is 0 Å². The third kappa shape index (κ3) is 2.96. The number of nitrogens with zero attached hydrogens (tertiary/aromatic N) is 2. The maximum absolute atomic E-state index is 12.7. The number of amides is 3. The highest BCUT2D eigenvalue weighted by Gasteiger charge is 2.38. The van der Waals surface area contributed by atoms with E-state index < -0.39 is 10.0 Å². The van der Waals surface area contributed by atoms with Crippen molar-refractivity contribution in [3.63, 3.8) is 0 Å². The zero-order chi connectivity index (χ0) is 16.6. The summed E-state index contributed by atoms with van der Waals surface area (Å²) in [6.07, 6.45) is 0.925. The SMILES string of the molecule is Cc1cccc(S(=O)(=O)N2CCC(N3C(=O)CNC3=O)CC2)c1. The monoisotopic (exact) mass is 337 g/mol. The van der Waals surface area contributed by atoms with Crippen molar-refractivity contribution in [2.45, 2.75) is 30.7 Å². The van der Waals surface area contributed by atoms with Gasteiger partial charge in [0, 0.05) is 19.1 Å². The number of carbonyl (C=O) groups excluding carboxylic acids is 2. The minimum atomic E-state index is -3.53. The maximum Gasteiger partial charge on any atom is 0.324 e. The molecule has 2 aliphatic rings. The number of rotatable bonds is 3. The van der Waals surface area contributed by atoms with Crippen molar-refractivity contribution < 1.29 is 18.0 Å². The molecule has 2 heterocycles. The summed E-state index contributed by atoms with van der Waals surface area (Å²) in [6.45, 7) is 2.49. The van der Waals surface area contributed by atoms with Crippen molar-refractivity contribution in [2.75, 3.05) is 19.6 Å². The Labute approximate surface area is 135 Å². The second-order valence-corrected chi connectivity index (χ2v) is 7.81. The van der Waals surface area contributed by atoms with Gasteiger partial charge in [0.2, 0.25) is 15.9 Å². The normalized spacial score (nSPS) is 20.8. The lowest BCUT2D eigenvalue weighted by atomic mass is 10.1. The number of imide groups is 1. The van der Waals surface area contributed by atoms with E-state index in [4.69, 9.17) is 0 Å². The number of hydrogen-bond donors (Lipinski definition) is 1. The van der Waals surface area contributed by atoms with Crippen molar-refractivity contribution in [2.24, 2.45) is 0 Å². The molecule has 7 nitrogen and oxygen atoms in total. The Morgan fingerprint density at radius 3 is 2.43 bits per heavy atom. The molecule has 1 aromatic rings. The molecule has 0 aliphatic carbocycles. The summed E-state index contributed by atoms with van der Waals surface area (Å²) in [5.74, 6) is -0.241. The molecule has 2 saturated heterocycles. The van der Waals surface area contributed by atoms with Crippen molar-refractivity contribution in [3.8, 4) is 0 Å². The van der Waals surface area contributed by atoms with Gasteiger partial charge in [0.05, 0.1) is 11.4 Å². The molecule has 3 amide bonds. The van der Waals surface area contributed by atoms with E-state index >= 15 is 0 Å². The van der Waals surface area contributed by atoms with Gasteiger partial charge >= 0.3 is 6.03 Å². The van der Waals surface area contributed by atoms with E-state index in [1.165, 1.54) is 9.21 Å². The third-order valence-electron chi connectivity index (χ3n) is 4.29. The molecular formula is C15H19N3O4S. The van der Waals surface area contributed by atoms with Gasteiger partial charge in [-0.25, -0.2) is 13.2 Å². The average molecular weight is 337 g/mol. The standard InChI is InChI=1S/C15H19N3O4S/c1-11-3-2-4-13(9-11)23(21,22)17-7-5-12(6-8-17)18-14(19)10-16-15(18)20/h2-4,9,12H,5-8,10H2,1H3,(H,16,20). The number of urea groups is 1. The van der Waals surface area contributed by atoms with Gasteiger partial charge in [-0.15, -0.1) is 0 Å². The molecule has 0 aromatic heterocycles. The zero-order valence-electron chi connectivity index (χ0n) is 12.9. The summed E-state index contributed by atoms with van der Waals surface area (Å²) < 4.78 is 26.8. The van der Waals surface area contributed by atoms with Crippen LogP contribution in [0.25, 0.3) is 0 Å². The Morgan fingerprint density at radius 1 is 1.17 bits per heavy atom. The summed E-state index contributed by atoms with van der Waals surface area (Å²) in [6, 6.07) is 6.21. The van der Waals surface area contributed by atoms with E-state index in [0.717, 1.165) is 5.56 Å². The predicted molar refractivity (Wildman–Crippen MR) is 83.2 cm³/mol. The van der Waals surface area contributed by atoms with Gasteiger partial charge in [0.25, 0.3) is 0 Å². The van der Waals surface area contributed by atoms with Gasteiger partial charge in [-0.05, 0) is 37.5 Å². The van der Waals surface area contributed by atoms with Gasteiger partial charge in [0.15, 0.2) is 0 Å². The van der Waals surface area contributed by atoms with Gasteiger partial charge in [-0.3, -0.25) is 9.69 Å². The van der Waals surface area contributed by atoms with E-state index in [0.29, 0.717) is 25.9 Å². The fourth-order valence-electron chi connectivity index (χ4n) is 3.07. The van der Waals surface area contributed by atoms with Crippen LogP contribution in [0.3, 0.4) is 0 Å². The van der Waals surface area contributed by atoms with Crippen LogP contribution in [-0.2, 0) is 14.8 Å². The quantitative estimate of drug-likeness (QED) is 0.823. The highest BCUT2D eigenvalue weighted by atomic mass is 32.2. The van der Waals surface area contributed by atoms with Gasteiger partial charge in [-0.2, -0.15) is 4.31 Å². The minimum absolute atomic E-state index is 0.0284. The van der Waals surface area contributed by atoms with E-state index in [1.807, 2.05) is 13.0 Å². The molecule has 0 bridgehead atoms. The third-order valence-corrected chi connectivity index (χ3v) is 6.19. The largest absolute Gasteiger partial charge is 0.329 e. The predicted octanol–water partition coefficient (Wildman–Crippen LogP) is 0.700. The van der Waals surface area contributed by atoms with Gasteiger partial charge in [0.1, 0.15) is 0 Å². The number of hydrogen-bond acceptors (Lipinski definition) is 4. The molecule has 23 heavy (non-hydrogen) atoms. The minimum Gasteiger partial charge on any atom is -0.329 e. The number of piperidine rings is 1. The van der Waals surface area contributed by atoms with Crippen molar-refractivity contribution in [3.05, 3.63) is 29.8 Å². The molecule has 0 atom stereocenters. The molecule has 0 unspecified atom stereocenters. The molecule has 1 aromatic carbocycles. The van der Waals surface area contributed by atoms with Crippen LogP contribution in [0.15, 0.2) is 29.2 Å².